The van der Waals surface area contributed by atoms with Gasteiger partial charge in [0.15, 0.2) is 0 Å². The number of likely N-dealkylation sites (tertiary alicyclic amines) is 1. The van der Waals surface area contributed by atoms with E-state index in [1.807, 2.05) is 12.1 Å². The van der Waals surface area contributed by atoms with Crippen molar-refractivity contribution >= 4 is 26.7 Å². The van der Waals surface area contributed by atoms with E-state index in [4.69, 9.17) is 4.98 Å². The fourth-order valence-corrected chi connectivity index (χ4v) is 6.80. The van der Waals surface area contributed by atoms with Crippen molar-refractivity contribution < 1.29 is 8.42 Å². The van der Waals surface area contributed by atoms with Crippen molar-refractivity contribution in [2.45, 2.75) is 55.9 Å². The molecular weight excluding hydrogens is 396 g/mol. The third-order valence-electron chi connectivity index (χ3n) is 7.04. The number of piperidine rings is 2. The molecule has 162 valence electrons. The molecule has 3 aliphatic rings. The van der Waals surface area contributed by atoms with E-state index in [0.29, 0.717) is 18.0 Å². The van der Waals surface area contributed by atoms with Crippen LogP contribution in [-0.4, -0.2) is 67.9 Å². The van der Waals surface area contributed by atoms with Gasteiger partial charge < -0.3 is 9.80 Å². The number of anilines is 1. The Kier molecular flexibility index (Phi) is 5.69. The van der Waals surface area contributed by atoms with E-state index < -0.39 is 10.0 Å². The highest BCUT2D eigenvalue weighted by molar-refractivity contribution is 7.89. The van der Waals surface area contributed by atoms with Crippen LogP contribution in [0.3, 0.4) is 0 Å². The van der Waals surface area contributed by atoms with Crippen molar-refractivity contribution in [1.29, 1.82) is 0 Å². The summed E-state index contributed by atoms with van der Waals surface area (Å²) in [6.45, 7) is 5.88. The Labute approximate surface area is 179 Å². The highest BCUT2D eigenvalue weighted by Gasteiger charge is 2.28. The summed E-state index contributed by atoms with van der Waals surface area (Å²) in [6, 6.07) is 10.2. The molecule has 0 atom stereocenters. The van der Waals surface area contributed by atoms with Crippen LogP contribution in [0.1, 0.15) is 44.9 Å². The van der Waals surface area contributed by atoms with Gasteiger partial charge in [-0.1, -0.05) is 6.42 Å². The molecule has 5 rings (SSSR count). The Morgan fingerprint density at radius 2 is 1.50 bits per heavy atom. The van der Waals surface area contributed by atoms with Crippen molar-refractivity contribution in [3.63, 3.8) is 0 Å². The summed E-state index contributed by atoms with van der Waals surface area (Å²) in [5, 5.41) is 0.891. The maximum atomic E-state index is 12.8. The van der Waals surface area contributed by atoms with E-state index in [9.17, 15) is 8.42 Å². The second-order valence-electron chi connectivity index (χ2n) is 8.95. The molecule has 0 unspecified atom stereocenters. The van der Waals surface area contributed by atoms with Crippen LogP contribution >= 0.6 is 0 Å². The number of hydrogen-bond acceptors (Lipinski definition) is 5. The second kappa shape index (κ2) is 8.44. The molecule has 3 aliphatic heterocycles. The lowest BCUT2D eigenvalue weighted by molar-refractivity contribution is 0.141. The summed E-state index contributed by atoms with van der Waals surface area (Å²) in [5.41, 5.74) is 0.867. The smallest absolute Gasteiger partial charge is 0.243 e. The normalized spacial score (nSPS) is 22.7. The molecule has 1 aromatic carbocycles. The van der Waals surface area contributed by atoms with E-state index in [1.54, 1.807) is 16.4 Å². The number of benzene rings is 1. The molecule has 2 aromatic rings. The Bertz CT molecular complexity index is 989. The molecule has 30 heavy (non-hydrogen) atoms. The van der Waals surface area contributed by atoms with Crippen LogP contribution in [0.2, 0.25) is 0 Å². The van der Waals surface area contributed by atoms with Crippen molar-refractivity contribution in [2.75, 3.05) is 44.2 Å². The van der Waals surface area contributed by atoms with Gasteiger partial charge in [0.25, 0.3) is 0 Å². The third-order valence-corrected chi connectivity index (χ3v) is 8.94. The summed E-state index contributed by atoms with van der Waals surface area (Å²) >= 11 is 0. The van der Waals surface area contributed by atoms with Crippen LogP contribution in [0.5, 0.6) is 0 Å². The number of pyridine rings is 1. The van der Waals surface area contributed by atoms with E-state index >= 15 is 0 Å². The summed E-state index contributed by atoms with van der Waals surface area (Å²) < 4.78 is 27.3. The average molecular weight is 429 g/mol. The zero-order chi connectivity index (χ0) is 20.6. The summed E-state index contributed by atoms with van der Waals surface area (Å²) in [6.07, 6.45) is 8.39. The van der Waals surface area contributed by atoms with E-state index in [-0.39, 0.29) is 0 Å². The molecular formula is C23H32N4O2S. The summed E-state index contributed by atoms with van der Waals surface area (Å²) in [5.74, 6) is 1.01. The molecule has 0 aliphatic carbocycles. The molecule has 0 saturated carbocycles. The zero-order valence-corrected chi connectivity index (χ0v) is 18.5. The van der Waals surface area contributed by atoms with Gasteiger partial charge in [-0.2, -0.15) is 4.31 Å². The van der Waals surface area contributed by atoms with Crippen molar-refractivity contribution in [3.05, 3.63) is 30.3 Å². The lowest BCUT2D eigenvalue weighted by atomic mass is 10.00. The largest absolute Gasteiger partial charge is 0.356 e. The molecule has 0 spiro atoms. The van der Waals surface area contributed by atoms with E-state index in [0.717, 1.165) is 48.7 Å². The van der Waals surface area contributed by atoms with Gasteiger partial charge in [-0.15, -0.1) is 0 Å². The van der Waals surface area contributed by atoms with Crippen LogP contribution in [-0.2, 0) is 10.0 Å². The molecule has 0 N–H and O–H groups in total. The Balaban J connectivity index is 1.30. The standard InChI is InChI=1S/C23H32N4O2S/c28-30(29,27-14-4-5-15-27)21-7-8-22-19(18-21)6-9-23(24-22)26-16-10-20(11-17-26)25-12-2-1-3-13-25/h6-9,18,20H,1-5,10-17H2. The van der Waals surface area contributed by atoms with Crippen LogP contribution in [0.15, 0.2) is 35.2 Å². The van der Waals surface area contributed by atoms with Gasteiger partial charge >= 0.3 is 0 Å². The Morgan fingerprint density at radius 1 is 0.800 bits per heavy atom. The molecule has 3 fully saturated rings. The summed E-state index contributed by atoms with van der Waals surface area (Å²) in [4.78, 5) is 10.3. The number of rotatable bonds is 4. The molecule has 4 heterocycles. The maximum Gasteiger partial charge on any atom is 0.243 e. The minimum absolute atomic E-state index is 0.383. The summed E-state index contributed by atoms with van der Waals surface area (Å²) in [7, 11) is -3.39. The first-order chi connectivity index (χ1) is 14.6. The second-order valence-corrected chi connectivity index (χ2v) is 10.9. The molecule has 6 nitrogen and oxygen atoms in total. The van der Waals surface area contributed by atoms with Gasteiger partial charge in [0.1, 0.15) is 5.82 Å². The van der Waals surface area contributed by atoms with Crippen LogP contribution in [0.4, 0.5) is 5.82 Å². The predicted molar refractivity (Wildman–Crippen MR) is 120 cm³/mol. The van der Waals surface area contributed by atoms with Gasteiger partial charge in [0, 0.05) is 37.6 Å². The molecule has 3 saturated heterocycles. The zero-order valence-electron chi connectivity index (χ0n) is 17.7. The molecule has 0 bridgehead atoms. The highest BCUT2D eigenvalue weighted by Crippen LogP contribution is 2.27. The lowest BCUT2D eigenvalue weighted by Gasteiger charge is -2.40. The fraction of sp³-hybridized carbons (Fsp3) is 0.609. The maximum absolute atomic E-state index is 12.8. The van der Waals surface area contributed by atoms with Gasteiger partial charge in [-0.3, -0.25) is 0 Å². The van der Waals surface area contributed by atoms with Gasteiger partial charge in [0.2, 0.25) is 10.0 Å². The van der Waals surface area contributed by atoms with Crippen LogP contribution in [0.25, 0.3) is 10.9 Å². The minimum atomic E-state index is -3.39. The molecule has 1 aromatic heterocycles. The van der Waals surface area contributed by atoms with Crippen molar-refractivity contribution in [2.24, 2.45) is 0 Å². The fourth-order valence-electron chi connectivity index (χ4n) is 5.25. The molecule has 0 amide bonds. The Morgan fingerprint density at radius 3 is 2.23 bits per heavy atom. The first kappa shape index (κ1) is 20.2. The molecule has 0 radical (unpaired) electrons. The quantitative estimate of drug-likeness (QED) is 0.746. The monoisotopic (exact) mass is 428 g/mol. The molecule has 7 heteroatoms. The van der Waals surface area contributed by atoms with Crippen molar-refractivity contribution in [1.82, 2.24) is 14.2 Å². The van der Waals surface area contributed by atoms with Crippen LogP contribution in [0, 0.1) is 0 Å². The van der Waals surface area contributed by atoms with Gasteiger partial charge in [-0.05, 0) is 81.9 Å². The lowest BCUT2D eigenvalue weighted by Crippen LogP contribution is -2.46. The van der Waals surface area contributed by atoms with Gasteiger partial charge in [0.05, 0.1) is 10.4 Å². The number of fused-ring (bicyclic) bond motifs is 1. The SMILES string of the molecule is O=S(=O)(c1ccc2nc(N3CCC(N4CCCCC4)CC3)ccc2c1)N1CCCC1. The third kappa shape index (κ3) is 3.95. The minimum Gasteiger partial charge on any atom is -0.356 e. The number of aromatic nitrogens is 1. The average Bonchev–Trinajstić information content (AvgIpc) is 3.35. The topological polar surface area (TPSA) is 56.8 Å². The van der Waals surface area contributed by atoms with Crippen molar-refractivity contribution in [3.8, 4) is 0 Å². The number of sulfonamides is 1. The highest BCUT2D eigenvalue weighted by atomic mass is 32.2. The van der Waals surface area contributed by atoms with E-state index in [1.165, 1.54) is 45.2 Å². The Hall–Kier alpha value is -1.70. The van der Waals surface area contributed by atoms with Crippen LogP contribution < -0.4 is 4.90 Å². The number of nitrogens with zero attached hydrogens (tertiary/aromatic N) is 4. The number of hydrogen-bond donors (Lipinski definition) is 0. The van der Waals surface area contributed by atoms with Gasteiger partial charge in [-0.25, -0.2) is 13.4 Å². The predicted octanol–water partition coefficient (Wildman–Crippen LogP) is 3.47. The first-order valence-corrected chi connectivity index (χ1v) is 13.0. The first-order valence-electron chi connectivity index (χ1n) is 11.5. The van der Waals surface area contributed by atoms with E-state index in [2.05, 4.69) is 15.9 Å².